The van der Waals surface area contributed by atoms with Gasteiger partial charge in [0.05, 0.1) is 54.4 Å². The van der Waals surface area contributed by atoms with Crippen molar-refractivity contribution in [3.05, 3.63) is 24.0 Å². The quantitative estimate of drug-likeness (QED) is 0.225. The zero-order valence-electron chi connectivity index (χ0n) is 34.2. The summed E-state index contributed by atoms with van der Waals surface area (Å²) < 4.78 is 48.4. The van der Waals surface area contributed by atoms with Crippen LogP contribution < -0.4 is 0 Å². The van der Waals surface area contributed by atoms with Crippen molar-refractivity contribution in [1.82, 2.24) is 0 Å². The Bertz CT molecular complexity index is 1420. The van der Waals surface area contributed by atoms with Crippen molar-refractivity contribution in [2.24, 2.45) is 34.5 Å². The summed E-state index contributed by atoms with van der Waals surface area (Å²) in [7, 11) is 1.54. The fourth-order valence-corrected chi connectivity index (χ4v) is 13.2. The van der Waals surface area contributed by atoms with Crippen LogP contribution in [0.1, 0.15) is 105 Å². The molecule has 4 saturated carbocycles. The summed E-state index contributed by atoms with van der Waals surface area (Å²) in [6.07, 6.45) is 1.11. The summed E-state index contributed by atoms with van der Waals surface area (Å²) in [5.74, 6) is 1.53. The molecule has 56 heavy (non-hydrogen) atoms. The lowest BCUT2D eigenvalue weighted by Crippen LogP contribution is -2.67. The second-order valence-corrected chi connectivity index (χ2v) is 19.2. The maximum atomic E-state index is 12.6. The molecule has 0 aromatic carbocycles. The van der Waals surface area contributed by atoms with E-state index in [1.807, 2.05) is 19.9 Å². The fourth-order valence-electron chi connectivity index (χ4n) is 13.2. The van der Waals surface area contributed by atoms with Gasteiger partial charge in [0.25, 0.3) is 0 Å². The molecule has 4 aliphatic carbocycles. The van der Waals surface area contributed by atoms with E-state index in [0.717, 1.165) is 44.1 Å². The molecule has 0 aromatic heterocycles. The van der Waals surface area contributed by atoms with Crippen LogP contribution in [0.5, 0.6) is 0 Å². The number of hydrogen-bond donors (Lipinski definition) is 5. The van der Waals surface area contributed by atoms with Crippen molar-refractivity contribution in [3.8, 4) is 0 Å². The summed E-state index contributed by atoms with van der Waals surface area (Å²) in [5, 5.41) is 57.5. The molecule has 3 saturated heterocycles. The van der Waals surface area contributed by atoms with E-state index < -0.39 is 84.8 Å². The van der Waals surface area contributed by atoms with Gasteiger partial charge in [-0.1, -0.05) is 20.4 Å². The minimum Gasteiger partial charge on any atom is -0.490 e. The molecule has 318 valence electrons. The Labute approximate surface area is 332 Å². The Morgan fingerprint density at radius 2 is 1.27 bits per heavy atom. The molecule has 5 N–H and O–H groups in total. The van der Waals surface area contributed by atoms with Crippen LogP contribution >= 0.6 is 0 Å². The fraction of sp³-hybridized carbons (Fsp3) is 0.907. The maximum Gasteiger partial charge on any atom is 0.161 e. The van der Waals surface area contributed by atoms with E-state index in [0.29, 0.717) is 31.1 Å². The van der Waals surface area contributed by atoms with Crippen molar-refractivity contribution < 1.29 is 63.4 Å². The molecule has 7 fully saturated rings. The van der Waals surface area contributed by atoms with Crippen LogP contribution in [0, 0.1) is 34.5 Å². The zero-order valence-corrected chi connectivity index (χ0v) is 34.2. The summed E-state index contributed by atoms with van der Waals surface area (Å²) in [6, 6.07) is 0. The van der Waals surface area contributed by atoms with E-state index in [1.165, 1.54) is 7.11 Å². The molecule has 13 heteroatoms. The Morgan fingerprint density at radius 3 is 1.80 bits per heavy atom. The number of aliphatic hydroxyl groups excluding tert-OH is 4. The lowest BCUT2D eigenvalue weighted by Gasteiger charge is -2.65. The molecular formula is C43H68O13. The molecule has 21 atom stereocenters. The standard InChI is InChI=1S/C43H68O13/c1-21-14-25(20-50-21)28-11-13-43(48)29-9-8-26-15-27(10-12-41(26,5)30(29)16-34(47)42(28,43)6)54-35-18-32(45)39(23(3)52-35)56-37-19-33(46)40(24(4)53-37)55-36-17-31(44)38(49-7)22(2)51-36/h14,22-24,26-40,44-48H,1,8-13,15-20H2,2-7H3. The smallest absolute Gasteiger partial charge is 0.161 e. The number of methoxy groups -OCH3 is 1. The second-order valence-electron chi connectivity index (χ2n) is 19.2. The topological polar surface area (TPSA) is 175 Å². The van der Waals surface area contributed by atoms with Gasteiger partial charge in [0.2, 0.25) is 0 Å². The van der Waals surface area contributed by atoms with Crippen molar-refractivity contribution in [2.45, 2.75) is 197 Å². The third-order valence-corrected chi connectivity index (χ3v) is 16.3. The van der Waals surface area contributed by atoms with Gasteiger partial charge in [-0.25, -0.2) is 0 Å². The number of fused-ring (bicyclic) bond motifs is 5. The lowest BCUT2D eigenvalue weighted by atomic mass is 9.42. The lowest BCUT2D eigenvalue weighted by molar-refractivity contribution is -0.336. The van der Waals surface area contributed by atoms with Gasteiger partial charge in [0.1, 0.15) is 30.7 Å². The molecule has 0 aromatic rings. The highest BCUT2D eigenvalue weighted by Gasteiger charge is 2.71. The van der Waals surface area contributed by atoms with Crippen molar-refractivity contribution in [2.75, 3.05) is 13.7 Å². The minimum absolute atomic E-state index is 0.00990. The highest BCUT2D eigenvalue weighted by atomic mass is 16.7. The molecule has 4 aliphatic heterocycles. The molecule has 4 heterocycles. The third-order valence-electron chi connectivity index (χ3n) is 16.3. The highest BCUT2D eigenvalue weighted by molar-refractivity contribution is 5.32. The average Bonchev–Trinajstić information content (AvgIpc) is 3.68. The van der Waals surface area contributed by atoms with E-state index in [4.69, 9.17) is 37.9 Å². The van der Waals surface area contributed by atoms with Gasteiger partial charge < -0.3 is 63.4 Å². The largest absolute Gasteiger partial charge is 0.490 e. The van der Waals surface area contributed by atoms with Crippen LogP contribution in [-0.2, 0) is 37.9 Å². The van der Waals surface area contributed by atoms with Crippen molar-refractivity contribution in [3.63, 3.8) is 0 Å². The summed E-state index contributed by atoms with van der Waals surface area (Å²) in [6.45, 7) is 14.5. The molecule has 0 amide bonds. The van der Waals surface area contributed by atoms with E-state index in [2.05, 4.69) is 20.4 Å². The number of rotatable bonds is 8. The summed E-state index contributed by atoms with van der Waals surface area (Å²) >= 11 is 0. The molecule has 0 bridgehead atoms. The van der Waals surface area contributed by atoms with Crippen LogP contribution in [-0.4, -0.2) is 131 Å². The maximum absolute atomic E-state index is 12.6. The summed E-state index contributed by atoms with van der Waals surface area (Å²) in [5.41, 5.74) is -0.395. The monoisotopic (exact) mass is 792 g/mol. The first-order valence-electron chi connectivity index (χ1n) is 21.5. The number of allylic oxidation sites excluding steroid dienone is 1. The van der Waals surface area contributed by atoms with Gasteiger partial charge in [-0.2, -0.15) is 0 Å². The molecule has 13 nitrogen and oxygen atoms in total. The van der Waals surface area contributed by atoms with Gasteiger partial charge in [0.15, 0.2) is 18.9 Å². The average molecular weight is 793 g/mol. The van der Waals surface area contributed by atoms with Gasteiger partial charge in [-0.3, -0.25) is 0 Å². The first kappa shape index (κ1) is 41.5. The first-order chi connectivity index (χ1) is 26.5. The van der Waals surface area contributed by atoms with Crippen molar-refractivity contribution >= 4 is 0 Å². The predicted octanol–water partition coefficient (Wildman–Crippen LogP) is 3.86. The predicted molar refractivity (Wildman–Crippen MR) is 202 cm³/mol. The molecule has 21 unspecified atom stereocenters. The van der Waals surface area contributed by atoms with Crippen LogP contribution in [0.4, 0.5) is 0 Å². The van der Waals surface area contributed by atoms with Crippen LogP contribution in [0.2, 0.25) is 0 Å². The Hall–Kier alpha value is -1.20. The van der Waals surface area contributed by atoms with E-state index in [1.54, 1.807) is 6.92 Å². The first-order valence-corrected chi connectivity index (χ1v) is 21.5. The third kappa shape index (κ3) is 7.05. The molecule has 0 radical (unpaired) electrons. The van der Waals surface area contributed by atoms with E-state index in [-0.39, 0.29) is 54.6 Å². The van der Waals surface area contributed by atoms with Gasteiger partial charge >= 0.3 is 0 Å². The normalized spacial score (nSPS) is 54.8. The van der Waals surface area contributed by atoms with Gasteiger partial charge in [-0.15, -0.1) is 0 Å². The molecule has 0 spiro atoms. The second kappa shape index (κ2) is 15.7. The van der Waals surface area contributed by atoms with Crippen LogP contribution in [0.15, 0.2) is 24.0 Å². The Balaban J connectivity index is 0.832. The number of hydrogen-bond acceptors (Lipinski definition) is 13. The van der Waals surface area contributed by atoms with Gasteiger partial charge in [0, 0.05) is 31.8 Å². The highest BCUT2D eigenvalue weighted by Crippen LogP contribution is 2.70. The van der Waals surface area contributed by atoms with Crippen LogP contribution in [0.25, 0.3) is 0 Å². The van der Waals surface area contributed by atoms with E-state index >= 15 is 0 Å². The number of ether oxygens (including phenoxy) is 8. The molecule has 8 aliphatic rings. The zero-order chi connectivity index (χ0) is 39.9. The van der Waals surface area contributed by atoms with Gasteiger partial charge in [-0.05, 0) is 113 Å². The molecule has 8 rings (SSSR count). The van der Waals surface area contributed by atoms with Crippen molar-refractivity contribution in [1.29, 1.82) is 0 Å². The van der Waals surface area contributed by atoms with Crippen LogP contribution in [0.3, 0.4) is 0 Å². The SMILES string of the molecule is C=C1C=C(C2CCC3(O)C4CCC5CC(OC6CC(O)C(OC7CC(O)C(OC8CC(O)C(OC)C(C)O8)C(C)O7)C(C)O6)CCC5(C)C4CC(O)C23C)CO1. The molecular weight excluding hydrogens is 724 g/mol. The Morgan fingerprint density at radius 1 is 0.696 bits per heavy atom. The Kier molecular flexibility index (Phi) is 11.6. The minimum atomic E-state index is -0.927. The summed E-state index contributed by atoms with van der Waals surface area (Å²) in [4.78, 5) is 0. The number of aliphatic hydroxyl groups is 5. The van der Waals surface area contributed by atoms with E-state index in [9.17, 15) is 25.5 Å².